The molecule has 1 rings (SSSR count). The minimum absolute atomic E-state index is 0.0906. The third kappa shape index (κ3) is 4.65. The number of hydrogen-bond donors (Lipinski definition) is 0. The number of likely N-dealkylation sites (N-methyl/N-ethyl adjacent to an activating group) is 1. The molecule has 0 saturated carbocycles. The molecule has 20 heavy (non-hydrogen) atoms. The van der Waals surface area contributed by atoms with Gasteiger partial charge in [0, 0.05) is 37.0 Å². The van der Waals surface area contributed by atoms with Gasteiger partial charge in [-0.1, -0.05) is 6.92 Å². The first-order chi connectivity index (χ1) is 9.49. The summed E-state index contributed by atoms with van der Waals surface area (Å²) in [5.74, 6) is 0.151. The largest absolute Gasteiger partial charge is 0.370 e. The fourth-order valence-electron chi connectivity index (χ4n) is 2.01. The van der Waals surface area contributed by atoms with Crippen LogP contribution in [0.4, 0.5) is 11.4 Å². The number of anilines is 1. The number of nitro groups is 1. The minimum atomic E-state index is -0.383. The van der Waals surface area contributed by atoms with Gasteiger partial charge in [-0.15, -0.1) is 11.6 Å². The molecule has 0 amide bonds. The summed E-state index contributed by atoms with van der Waals surface area (Å²) < 4.78 is 0. The maximum atomic E-state index is 10.9. The van der Waals surface area contributed by atoms with E-state index in [1.165, 1.54) is 0 Å². The van der Waals surface area contributed by atoms with Crippen LogP contribution in [0.15, 0.2) is 18.2 Å². The van der Waals surface area contributed by atoms with Gasteiger partial charge >= 0.3 is 0 Å². The van der Waals surface area contributed by atoms with E-state index in [2.05, 4.69) is 16.7 Å². The molecule has 0 unspecified atom stereocenters. The normalized spacial score (nSPS) is 10.8. The van der Waals surface area contributed by atoms with Crippen molar-refractivity contribution in [3.05, 3.63) is 33.9 Å². The number of rotatable bonds is 8. The summed E-state index contributed by atoms with van der Waals surface area (Å²) in [7, 11) is 4.06. The fraction of sp³-hybridized carbons (Fsp3) is 0.571. The Bertz CT molecular complexity index is 452. The van der Waals surface area contributed by atoms with Gasteiger partial charge in [-0.05, 0) is 32.6 Å². The zero-order chi connectivity index (χ0) is 15.1. The quantitative estimate of drug-likeness (QED) is 0.420. The highest BCUT2D eigenvalue weighted by atomic mass is 35.5. The SMILES string of the molecule is CCCN(CCN(C)C)c1ccc([N+](=O)[O-])c(CCl)c1. The maximum absolute atomic E-state index is 10.9. The molecule has 6 heteroatoms. The van der Waals surface area contributed by atoms with Crippen LogP contribution in [0.5, 0.6) is 0 Å². The summed E-state index contributed by atoms with van der Waals surface area (Å²) in [4.78, 5) is 14.9. The Morgan fingerprint density at radius 3 is 2.45 bits per heavy atom. The average molecular weight is 300 g/mol. The van der Waals surface area contributed by atoms with Gasteiger partial charge in [0.1, 0.15) is 0 Å². The smallest absolute Gasteiger partial charge is 0.273 e. The third-order valence-corrected chi connectivity index (χ3v) is 3.37. The third-order valence-electron chi connectivity index (χ3n) is 3.08. The Balaban J connectivity index is 2.98. The van der Waals surface area contributed by atoms with Crippen LogP contribution in [0.1, 0.15) is 18.9 Å². The number of alkyl halides is 1. The lowest BCUT2D eigenvalue weighted by Gasteiger charge is -2.26. The molecular formula is C14H22ClN3O2. The van der Waals surface area contributed by atoms with Crippen molar-refractivity contribution in [2.24, 2.45) is 0 Å². The Morgan fingerprint density at radius 2 is 1.95 bits per heavy atom. The van der Waals surface area contributed by atoms with Crippen molar-refractivity contribution >= 4 is 23.0 Å². The molecule has 1 aromatic carbocycles. The zero-order valence-electron chi connectivity index (χ0n) is 12.3. The van der Waals surface area contributed by atoms with Crippen LogP contribution < -0.4 is 4.90 Å². The maximum Gasteiger partial charge on any atom is 0.273 e. The highest BCUT2D eigenvalue weighted by Crippen LogP contribution is 2.26. The van der Waals surface area contributed by atoms with Gasteiger partial charge in [0.25, 0.3) is 5.69 Å². The first-order valence-electron chi connectivity index (χ1n) is 6.72. The van der Waals surface area contributed by atoms with E-state index in [0.717, 1.165) is 31.7 Å². The molecule has 0 aromatic heterocycles. The topological polar surface area (TPSA) is 49.6 Å². The second kappa shape index (κ2) is 8.07. The van der Waals surface area contributed by atoms with Crippen LogP contribution in [-0.2, 0) is 5.88 Å². The van der Waals surface area contributed by atoms with E-state index in [0.29, 0.717) is 5.56 Å². The standard InChI is InChI=1S/C14H22ClN3O2/c1-4-7-17(9-8-16(2)3)13-5-6-14(18(19)20)12(10-13)11-15/h5-6,10H,4,7-9,11H2,1-3H3. The molecule has 0 aliphatic heterocycles. The van der Waals surface area contributed by atoms with E-state index in [4.69, 9.17) is 11.6 Å². The van der Waals surface area contributed by atoms with Crippen LogP contribution in [0.3, 0.4) is 0 Å². The molecule has 0 atom stereocenters. The van der Waals surface area contributed by atoms with E-state index in [9.17, 15) is 10.1 Å². The molecule has 0 heterocycles. The van der Waals surface area contributed by atoms with Crippen molar-refractivity contribution in [3.8, 4) is 0 Å². The highest BCUT2D eigenvalue weighted by Gasteiger charge is 2.15. The Labute approximate surface area is 125 Å². The lowest BCUT2D eigenvalue weighted by molar-refractivity contribution is -0.385. The first-order valence-corrected chi connectivity index (χ1v) is 7.26. The van der Waals surface area contributed by atoms with Crippen LogP contribution in [-0.4, -0.2) is 43.6 Å². The van der Waals surface area contributed by atoms with E-state index >= 15 is 0 Å². The zero-order valence-corrected chi connectivity index (χ0v) is 13.1. The summed E-state index contributed by atoms with van der Waals surface area (Å²) in [5.41, 5.74) is 1.66. The number of benzene rings is 1. The Morgan fingerprint density at radius 1 is 1.25 bits per heavy atom. The molecule has 0 aliphatic carbocycles. The van der Waals surface area contributed by atoms with Crippen molar-refractivity contribution in [2.75, 3.05) is 38.6 Å². The molecule has 0 N–H and O–H groups in total. The molecule has 0 radical (unpaired) electrons. The lowest BCUT2D eigenvalue weighted by atomic mass is 10.1. The molecular weight excluding hydrogens is 278 g/mol. The predicted molar refractivity (Wildman–Crippen MR) is 83.7 cm³/mol. The van der Waals surface area contributed by atoms with Crippen molar-refractivity contribution < 1.29 is 4.92 Å². The van der Waals surface area contributed by atoms with Gasteiger partial charge in [0.05, 0.1) is 10.8 Å². The van der Waals surface area contributed by atoms with Gasteiger partial charge in [-0.3, -0.25) is 10.1 Å². The minimum Gasteiger partial charge on any atom is -0.370 e. The molecule has 112 valence electrons. The highest BCUT2D eigenvalue weighted by molar-refractivity contribution is 6.17. The van der Waals surface area contributed by atoms with Crippen LogP contribution in [0.2, 0.25) is 0 Å². The first kappa shape index (κ1) is 16.7. The van der Waals surface area contributed by atoms with Gasteiger partial charge in [0.15, 0.2) is 0 Å². The molecule has 5 nitrogen and oxygen atoms in total. The fourth-order valence-corrected chi connectivity index (χ4v) is 2.23. The molecule has 0 aliphatic rings. The summed E-state index contributed by atoms with van der Waals surface area (Å²) in [6, 6.07) is 5.18. The molecule has 0 saturated heterocycles. The second-order valence-corrected chi connectivity index (χ2v) is 5.26. The van der Waals surface area contributed by atoms with Crippen molar-refractivity contribution in [3.63, 3.8) is 0 Å². The van der Waals surface area contributed by atoms with Gasteiger partial charge in [-0.25, -0.2) is 0 Å². The Kier molecular flexibility index (Phi) is 6.75. The van der Waals surface area contributed by atoms with Gasteiger partial charge in [0.2, 0.25) is 0 Å². The number of nitro benzene ring substituents is 1. The van der Waals surface area contributed by atoms with Crippen LogP contribution >= 0.6 is 11.6 Å². The average Bonchev–Trinajstić information content (AvgIpc) is 2.42. The summed E-state index contributed by atoms with van der Waals surface area (Å²) >= 11 is 5.83. The van der Waals surface area contributed by atoms with Crippen molar-refractivity contribution in [2.45, 2.75) is 19.2 Å². The van der Waals surface area contributed by atoms with E-state index in [-0.39, 0.29) is 16.5 Å². The van der Waals surface area contributed by atoms with Gasteiger partial charge in [-0.2, -0.15) is 0 Å². The number of nitrogens with zero attached hydrogens (tertiary/aromatic N) is 3. The predicted octanol–water partition coefficient (Wildman–Crippen LogP) is 3.11. The summed E-state index contributed by atoms with van der Waals surface area (Å²) in [6.07, 6.45) is 1.03. The molecule has 1 aromatic rings. The summed E-state index contributed by atoms with van der Waals surface area (Å²) in [6.45, 7) is 4.87. The molecule has 0 bridgehead atoms. The van der Waals surface area contributed by atoms with Crippen molar-refractivity contribution in [1.29, 1.82) is 0 Å². The van der Waals surface area contributed by atoms with Crippen LogP contribution in [0, 0.1) is 10.1 Å². The van der Waals surface area contributed by atoms with Crippen molar-refractivity contribution in [1.82, 2.24) is 4.90 Å². The van der Waals surface area contributed by atoms with Gasteiger partial charge < -0.3 is 9.80 Å². The molecule has 0 fully saturated rings. The monoisotopic (exact) mass is 299 g/mol. The Hall–Kier alpha value is -1.33. The lowest BCUT2D eigenvalue weighted by Crippen LogP contribution is -2.32. The number of halogens is 1. The van der Waals surface area contributed by atoms with E-state index in [1.54, 1.807) is 12.1 Å². The second-order valence-electron chi connectivity index (χ2n) is 4.99. The number of hydrogen-bond acceptors (Lipinski definition) is 4. The van der Waals surface area contributed by atoms with Crippen LogP contribution in [0.25, 0.3) is 0 Å². The molecule has 0 spiro atoms. The van der Waals surface area contributed by atoms with E-state index < -0.39 is 0 Å². The van der Waals surface area contributed by atoms with E-state index in [1.807, 2.05) is 20.2 Å². The summed E-state index contributed by atoms with van der Waals surface area (Å²) in [5, 5.41) is 10.9.